The van der Waals surface area contributed by atoms with Crippen molar-refractivity contribution in [3.8, 4) is 27.9 Å². The summed E-state index contributed by atoms with van der Waals surface area (Å²) in [6.45, 7) is 0. The third-order valence-corrected chi connectivity index (χ3v) is 11.0. The Labute approximate surface area is 292 Å². The van der Waals surface area contributed by atoms with Gasteiger partial charge in [-0.15, -0.1) is 0 Å². The second-order valence-corrected chi connectivity index (χ2v) is 13.6. The van der Waals surface area contributed by atoms with Gasteiger partial charge in [-0.2, -0.15) is 0 Å². The highest BCUT2D eigenvalue weighted by atomic mass is 16.3. The van der Waals surface area contributed by atoms with Crippen molar-refractivity contribution in [3.63, 3.8) is 0 Å². The van der Waals surface area contributed by atoms with E-state index < -0.39 is 0 Å². The topological polar surface area (TPSA) is 22.5 Å². The number of para-hydroxylation sites is 3. The average Bonchev–Trinajstić information content (AvgIpc) is 3.83. The number of benzene rings is 8. The Kier molecular flexibility index (Phi) is 5.23. The fourth-order valence-corrected chi connectivity index (χ4v) is 9.02. The van der Waals surface area contributed by atoms with Gasteiger partial charge in [0.15, 0.2) is 0 Å². The summed E-state index contributed by atoms with van der Waals surface area (Å²) in [6.07, 6.45) is 0. The molecule has 0 saturated heterocycles. The van der Waals surface area contributed by atoms with E-state index in [1.54, 1.807) is 0 Å². The van der Waals surface area contributed by atoms with Crippen LogP contribution in [0.4, 0.5) is 0 Å². The number of nitrogens with zero attached hydrogens (tertiary/aromatic N) is 2. The van der Waals surface area contributed by atoms with Gasteiger partial charge in [-0.05, 0) is 76.2 Å². The summed E-state index contributed by atoms with van der Waals surface area (Å²) in [6, 6.07) is 61.7. The molecule has 0 fully saturated rings. The van der Waals surface area contributed by atoms with E-state index in [1.165, 1.54) is 76.6 Å². The van der Waals surface area contributed by atoms with E-state index in [0.29, 0.717) is 0 Å². The lowest BCUT2D eigenvalue weighted by molar-refractivity contribution is 0.669. The van der Waals surface area contributed by atoms with E-state index in [9.17, 15) is 0 Å². The average molecular weight is 649 g/mol. The number of hydrogen-bond acceptors (Lipinski definition) is 1. The minimum atomic E-state index is 0.907. The van der Waals surface area contributed by atoms with Crippen molar-refractivity contribution in [3.05, 3.63) is 170 Å². The Hall–Kier alpha value is -6.84. The molecule has 51 heavy (non-hydrogen) atoms. The van der Waals surface area contributed by atoms with Gasteiger partial charge in [-0.3, -0.25) is 0 Å². The zero-order chi connectivity index (χ0) is 33.2. The third kappa shape index (κ3) is 3.52. The van der Waals surface area contributed by atoms with Crippen LogP contribution in [0.5, 0.6) is 0 Å². The summed E-state index contributed by atoms with van der Waals surface area (Å²) in [5, 5.41) is 9.94. The monoisotopic (exact) mass is 648 g/mol. The van der Waals surface area contributed by atoms with Gasteiger partial charge in [0, 0.05) is 43.4 Å². The molecule has 12 rings (SSSR count). The summed E-state index contributed by atoms with van der Waals surface area (Å²) in [5.41, 5.74) is 13.8. The van der Waals surface area contributed by atoms with Gasteiger partial charge in [0.2, 0.25) is 0 Å². The maximum Gasteiger partial charge on any atom is 0.136 e. The number of furan rings is 1. The molecule has 8 aromatic carbocycles. The van der Waals surface area contributed by atoms with Crippen LogP contribution in [-0.2, 0) is 0 Å². The molecule has 4 heterocycles. The van der Waals surface area contributed by atoms with E-state index in [-0.39, 0.29) is 0 Å². The summed E-state index contributed by atoms with van der Waals surface area (Å²) in [5.74, 6) is 0. The number of fused-ring (bicyclic) bond motifs is 9. The molecule has 0 aliphatic heterocycles. The predicted molar refractivity (Wildman–Crippen MR) is 214 cm³/mol. The van der Waals surface area contributed by atoms with Crippen LogP contribution < -0.4 is 0 Å². The first-order chi connectivity index (χ1) is 25.3. The maximum atomic E-state index is 6.31. The summed E-state index contributed by atoms with van der Waals surface area (Å²) >= 11 is 0. The van der Waals surface area contributed by atoms with Crippen molar-refractivity contribution in [2.24, 2.45) is 0 Å². The van der Waals surface area contributed by atoms with Crippen LogP contribution in [0.2, 0.25) is 0 Å². The van der Waals surface area contributed by atoms with E-state index >= 15 is 0 Å². The molecular formula is C48H28N2O. The van der Waals surface area contributed by atoms with Crippen LogP contribution in [0.3, 0.4) is 0 Å². The Morgan fingerprint density at radius 3 is 1.88 bits per heavy atom. The molecule has 0 unspecified atom stereocenters. The fourth-order valence-electron chi connectivity index (χ4n) is 9.02. The molecule has 0 aliphatic rings. The maximum absolute atomic E-state index is 6.31. The van der Waals surface area contributed by atoms with Gasteiger partial charge in [-0.1, -0.05) is 121 Å². The summed E-state index contributed by atoms with van der Waals surface area (Å²) in [7, 11) is 0. The number of aromatic nitrogens is 2. The minimum Gasteiger partial charge on any atom is -0.456 e. The Bertz CT molecular complexity index is 3360. The molecule has 0 saturated carbocycles. The molecule has 236 valence electrons. The van der Waals surface area contributed by atoms with E-state index in [2.05, 4.69) is 173 Å². The number of rotatable bonds is 3. The molecular weight excluding hydrogens is 621 g/mol. The van der Waals surface area contributed by atoms with Crippen LogP contribution in [0, 0.1) is 0 Å². The number of hydrogen-bond donors (Lipinski definition) is 0. The molecule has 12 aromatic rings. The van der Waals surface area contributed by atoms with Crippen molar-refractivity contribution in [2.75, 3.05) is 0 Å². The quantitative estimate of drug-likeness (QED) is 0.187. The van der Waals surface area contributed by atoms with Crippen molar-refractivity contribution >= 4 is 81.8 Å². The van der Waals surface area contributed by atoms with Crippen LogP contribution >= 0.6 is 0 Å². The summed E-state index contributed by atoms with van der Waals surface area (Å²) < 4.78 is 11.3. The largest absolute Gasteiger partial charge is 0.456 e. The standard InChI is InChI=1S/C48H28N2O/c1-2-13-29(14-3-1)37-28-41-47-46-34(33-17-4-7-22-38(33)50-39-23-8-5-18-35(39)45(37)48(47)50)21-11-24-40(46)49(41)31-16-10-15-30(27-31)32-20-12-26-43-44(32)36-19-6-9-25-42(36)51-43/h1-28H. The molecule has 0 N–H and O–H groups in total. The van der Waals surface area contributed by atoms with Crippen LogP contribution in [0.25, 0.3) is 110 Å². The molecule has 4 aromatic heterocycles. The van der Waals surface area contributed by atoms with Crippen molar-refractivity contribution in [1.29, 1.82) is 0 Å². The minimum absolute atomic E-state index is 0.907. The lowest BCUT2D eigenvalue weighted by Gasteiger charge is -2.13. The van der Waals surface area contributed by atoms with Crippen molar-refractivity contribution in [1.82, 2.24) is 8.97 Å². The zero-order valence-corrected chi connectivity index (χ0v) is 27.5. The van der Waals surface area contributed by atoms with Gasteiger partial charge in [0.1, 0.15) is 11.2 Å². The second-order valence-electron chi connectivity index (χ2n) is 13.6. The normalized spacial score (nSPS) is 12.3. The van der Waals surface area contributed by atoms with E-state index in [1.807, 2.05) is 6.07 Å². The second kappa shape index (κ2) is 9.87. The molecule has 0 atom stereocenters. The van der Waals surface area contributed by atoms with Crippen molar-refractivity contribution < 1.29 is 4.42 Å². The van der Waals surface area contributed by atoms with Gasteiger partial charge in [0.25, 0.3) is 0 Å². The zero-order valence-electron chi connectivity index (χ0n) is 27.5. The Morgan fingerprint density at radius 2 is 1.00 bits per heavy atom. The molecule has 0 amide bonds. The highest BCUT2D eigenvalue weighted by Gasteiger charge is 2.25. The van der Waals surface area contributed by atoms with E-state index in [0.717, 1.165) is 33.2 Å². The lowest BCUT2D eigenvalue weighted by atomic mass is 9.96. The van der Waals surface area contributed by atoms with Gasteiger partial charge < -0.3 is 13.4 Å². The highest BCUT2D eigenvalue weighted by molar-refractivity contribution is 6.35. The van der Waals surface area contributed by atoms with E-state index in [4.69, 9.17) is 4.42 Å². The molecule has 0 aliphatic carbocycles. The van der Waals surface area contributed by atoms with Gasteiger partial charge in [0.05, 0.1) is 27.6 Å². The predicted octanol–water partition coefficient (Wildman–Crippen LogP) is 13.2. The Balaban J connectivity index is 1.28. The molecule has 0 bridgehead atoms. The van der Waals surface area contributed by atoms with Gasteiger partial charge in [-0.25, -0.2) is 0 Å². The Morgan fingerprint density at radius 1 is 0.353 bits per heavy atom. The first-order valence-electron chi connectivity index (χ1n) is 17.5. The molecule has 0 radical (unpaired) electrons. The van der Waals surface area contributed by atoms with Gasteiger partial charge >= 0.3 is 0 Å². The fraction of sp³-hybridized carbons (Fsp3) is 0. The third-order valence-electron chi connectivity index (χ3n) is 11.0. The van der Waals surface area contributed by atoms with Crippen LogP contribution in [0.1, 0.15) is 0 Å². The molecule has 3 heteroatoms. The molecule has 3 nitrogen and oxygen atoms in total. The first-order valence-corrected chi connectivity index (χ1v) is 17.5. The van der Waals surface area contributed by atoms with Crippen molar-refractivity contribution in [2.45, 2.75) is 0 Å². The first kappa shape index (κ1) is 27.0. The molecule has 0 spiro atoms. The van der Waals surface area contributed by atoms with Crippen LogP contribution in [0.15, 0.2) is 174 Å². The lowest BCUT2D eigenvalue weighted by Crippen LogP contribution is -1.96. The van der Waals surface area contributed by atoms with Crippen LogP contribution in [-0.4, -0.2) is 8.97 Å². The smallest absolute Gasteiger partial charge is 0.136 e. The summed E-state index contributed by atoms with van der Waals surface area (Å²) in [4.78, 5) is 0. The highest BCUT2D eigenvalue weighted by Crippen LogP contribution is 2.48. The SMILES string of the molecule is c1ccc(-c2cc3c4c5c(cccc5n3-c3cccc(-c5cccc6oc7ccccc7c56)c3)c3ccccc3n3c5ccccc5c2c43)cc1.